The molecule has 0 saturated carbocycles. The van der Waals surface area contributed by atoms with Gasteiger partial charge < -0.3 is 10.3 Å². The van der Waals surface area contributed by atoms with Crippen molar-refractivity contribution in [2.24, 2.45) is 5.41 Å². The summed E-state index contributed by atoms with van der Waals surface area (Å²) in [6, 6.07) is 10.1. The van der Waals surface area contributed by atoms with E-state index in [9.17, 15) is 4.79 Å². The molecule has 4 nitrogen and oxygen atoms in total. The van der Waals surface area contributed by atoms with Crippen molar-refractivity contribution in [1.29, 1.82) is 5.26 Å². The predicted molar refractivity (Wildman–Crippen MR) is 88.2 cm³/mol. The smallest absolute Gasteiger partial charge is 0.180 e. The predicted octanol–water partition coefficient (Wildman–Crippen LogP) is 3.32. The van der Waals surface area contributed by atoms with Gasteiger partial charge >= 0.3 is 0 Å². The minimum Gasteiger partial charge on any atom is -0.389 e. The van der Waals surface area contributed by atoms with Gasteiger partial charge in [-0.1, -0.05) is 39.0 Å². The molecule has 2 aromatic rings. The number of fused-ring (bicyclic) bond motifs is 1. The molecule has 0 radical (unpaired) electrons. The summed E-state index contributed by atoms with van der Waals surface area (Å²) in [6.07, 6.45) is 4.35. The number of nitrogens with one attached hydrogen (secondary N) is 2. The Morgan fingerprint density at radius 1 is 1.36 bits per heavy atom. The monoisotopic (exact) mass is 295 g/mol. The molecule has 22 heavy (non-hydrogen) atoms. The maximum absolute atomic E-state index is 12.1. The van der Waals surface area contributed by atoms with Gasteiger partial charge in [-0.3, -0.25) is 4.79 Å². The Bertz CT molecular complexity index is 742. The minimum atomic E-state index is -0.542. The number of Topliss-reactive ketones (excluding diaryl/α,β-unsaturated/α-hetero) is 1. The Morgan fingerprint density at radius 3 is 2.77 bits per heavy atom. The molecule has 4 heteroatoms. The number of aromatic amines is 1. The minimum absolute atomic E-state index is 0.144. The number of aromatic nitrogens is 1. The van der Waals surface area contributed by atoms with Crippen LogP contribution in [0.1, 0.15) is 26.3 Å². The first kappa shape index (κ1) is 15.8. The Hall–Kier alpha value is -2.54. The maximum Gasteiger partial charge on any atom is 0.180 e. The van der Waals surface area contributed by atoms with E-state index in [2.05, 4.69) is 16.4 Å². The van der Waals surface area contributed by atoms with Crippen LogP contribution in [0.3, 0.4) is 0 Å². The molecule has 1 aromatic carbocycles. The molecule has 2 rings (SSSR count). The molecule has 0 fully saturated rings. The van der Waals surface area contributed by atoms with Gasteiger partial charge in [0.05, 0.1) is 0 Å². The Labute approximate surface area is 130 Å². The zero-order valence-electron chi connectivity index (χ0n) is 13.2. The topological polar surface area (TPSA) is 68.7 Å². The molecule has 0 aliphatic rings. The zero-order valence-corrected chi connectivity index (χ0v) is 13.2. The van der Waals surface area contributed by atoms with E-state index in [-0.39, 0.29) is 11.4 Å². The third kappa shape index (κ3) is 3.56. The van der Waals surface area contributed by atoms with Gasteiger partial charge in [0, 0.05) is 35.3 Å². The average Bonchev–Trinajstić information content (AvgIpc) is 2.89. The van der Waals surface area contributed by atoms with Crippen molar-refractivity contribution in [2.45, 2.75) is 27.2 Å². The summed E-state index contributed by atoms with van der Waals surface area (Å²) in [5, 5.41) is 13.4. The van der Waals surface area contributed by atoms with E-state index >= 15 is 0 Å². The lowest BCUT2D eigenvalue weighted by atomic mass is 9.87. The largest absolute Gasteiger partial charge is 0.389 e. The van der Waals surface area contributed by atoms with Gasteiger partial charge in [0.1, 0.15) is 11.6 Å². The molecule has 0 unspecified atom stereocenters. The van der Waals surface area contributed by atoms with Crippen LogP contribution < -0.4 is 5.32 Å². The number of carbonyl (C=O) groups excluding carboxylic acids is 1. The third-order valence-electron chi connectivity index (χ3n) is 3.51. The second kappa shape index (κ2) is 6.48. The molecule has 2 N–H and O–H groups in total. The number of allylic oxidation sites excluding steroid dienone is 1. The number of rotatable bonds is 5. The highest BCUT2D eigenvalue weighted by Crippen LogP contribution is 2.19. The molecule has 0 bridgehead atoms. The first-order chi connectivity index (χ1) is 10.4. The van der Waals surface area contributed by atoms with E-state index in [0.717, 1.165) is 11.9 Å². The molecule has 1 heterocycles. The van der Waals surface area contributed by atoms with Gasteiger partial charge in [-0.2, -0.15) is 5.26 Å². The van der Waals surface area contributed by atoms with E-state index in [0.29, 0.717) is 6.54 Å². The Kier molecular flexibility index (Phi) is 4.67. The standard InChI is InChI=1S/C18H21N3O/c1-18(2,3)17(22)14(10-19)11-20-9-8-13-12-21-16-7-5-4-6-15(13)16/h4-7,11-12,20-21H,8-9H2,1-3H3/b14-11+. The fourth-order valence-electron chi connectivity index (χ4n) is 2.27. The van der Waals surface area contributed by atoms with E-state index < -0.39 is 5.41 Å². The molecule has 0 spiro atoms. The van der Waals surface area contributed by atoms with Gasteiger partial charge in [-0.05, 0) is 18.1 Å². The Balaban J connectivity index is 1.97. The van der Waals surface area contributed by atoms with Gasteiger partial charge in [-0.15, -0.1) is 0 Å². The number of carbonyl (C=O) groups is 1. The summed E-state index contributed by atoms with van der Waals surface area (Å²) in [5.74, 6) is -0.144. The summed E-state index contributed by atoms with van der Waals surface area (Å²) < 4.78 is 0. The fourth-order valence-corrected chi connectivity index (χ4v) is 2.27. The van der Waals surface area contributed by atoms with Crippen LogP contribution in [0.15, 0.2) is 42.2 Å². The molecule has 0 aliphatic carbocycles. The first-order valence-corrected chi connectivity index (χ1v) is 7.37. The maximum atomic E-state index is 12.1. The molecular formula is C18H21N3O. The number of hydrogen-bond acceptors (Lipinski definition) is 3. The van der Waals surface area contributed by atoms with Crippen molar-refractivity contribution in [2.75, 3.05) is 6.54 Å². The van der Waals surface area contributed by atoms with Crippen LogP contribution in [0.4, 0.5) is 0 Å². The SMILES string of the molecule is CC(C)(C)C(=O)/C(C#N)=C/NCCc1c[nH]c2ccccc12. The van der Waals surface area contributed by atoms with Gasteiger partial charge in [0.2, 0.25) is 0 Å². The van der Waals surface area contributed by atoms with Crippen LogP contribution in [0.5, 0.6) is 0 Å². The first-order valence-electron chi connectivity index (χ1n) is 7.37. The highest BCUT2D eigenvalue weighted by molar-refractivity contribution is 6.02. The lowest BCUT2D eigenvalue weighted by molar-refractivity contribution is -0.122. The van der Waals surface area contributed by atoms with Crippen molar-refractivity contribution in [3.05, 3.63) is 47.8 Å². The van der Waals surface area contributed by atoms with Crippen LogP contribution in [-0.4, -0.2) is 17.3 Å². The number of benzene rings is 1. The van der Waals surface area contributed by atoms with Crippen molar-refractivity contribution in [3.8, 4) is 6.07 Å². The highest BCUT2D eigenvalue weighted by atomic mass is 16.1. The quantitative estimate of drug-likeness (QED) is 0.505. The number of ketones is 1. The van der Waals surface area contributed by atoms with Gasteiger partial charge in [0.25, 0.3) is 0 Å². The molecule has 0 saturated heterocycles. The van der Waals surface area contributed by atoms with Gasteiger partial charge in [0.15, 0.2) is 5.78 Å². The van der Waals surface area contributed by atoms with Crippen molar-refractivity contribution in [1.82, 2.24) is 10.3 Å². The number of hydrogen-bond donors (Lipinski definition) is 2. The average molecular weight is 295 g/mol. The summed E-state index contributed by atoms with van der Waals surface area (Å²) in [4.78, 5) is 15.3. The van der Waals surface area contributed by atoms with E-state index in [1.165, 1.54) is 17.1 Å². The second-order valence-corrected chi connectivity index (χ2v) is 6.31. The lowest BCUT2D eigenvalue weighted by Gasteiger charge is -2.15. The number of para-hydroxylation sites is 1. The van der Waals surface area contributed by atoms with Crippen molar-refractivity contribution < 1.29 is 4.79 Å². The molecule has 0 aliphatic heterocycles. The lowest BCUT2D eigenvalue weighted by Crippen LogP contribution is -2.23. The van der Waals surface area contributed by atoms with Crippen LogP contribution in [0, 0.1) is 16.7 Å². The van der Waals surface area contributed by atoms with E-state index in [1.54, 1.807) is 0 Å². The summed E-state index contributed by atoms with van der Waals surface area (Å²) >= 11 is 0. The van der Waals surface area contributed by atoms with Crippen molar-refractivity contribution >= 4 is 16.7 Å². The van der Waals surface area contributed by atoms with Gasteiger partial charge in [-0.25, -0.2) is 0 Å². The van der Waals surface area contributed by atoms with E-state index in [1.807, 2.05) is 51.2 Å². The van der Waals surface area contributed by atoms with Crippen LogP contribution in [0.25, 0.3) is 10.9 Å². The second-order valence-electron chi connectivity index (χ2n) is 6.31. The normalized spacial score (nSPS) is 12.2. The zero-order chi connectivity index (χ0) is 16.2. The molecule has 0 atom stereocenters. The summed E-state index contributed by atoms with van der Waals surface area (Å²) in [6.45, 7) is 6.11. The summed E-state index contributed by atoms with van der Waals surface area (Å²) in [5.41, 5.74) is 1.97. The van der Waals surface area contributed by atoms with Crippen LogP contribution in [0.2, 0.25) is 0 Å². The molecular weight excluding hydrogens is 274 g/mol. The number of nitriles is 1. The number of H-pyrrole nitrogens is 1. The number of nitrogens with zero attached hydrogens (tertiary/aromatic N) is 1. The summed E-state index contributed by atoms with van der Waals surface area (Å²) in [7, 11) is 0. The molecule has 0 amide bonds. The van der Waals surface area contributed by atoms with Crippen LogP contribution in [-0.2, 0) is 11.2 Å². The van der Waals surface area contributed by atoms with E-state index in [4.69, 9.17) is 5.26 Å². The fraction of sp³-hybridized carbons (Fsp3) is 0.333. The third-order valence-corrected chi connectivity index (χ3v) is 3.51. The van der Waals surface area contributed by atoms with Crippen LogP contribution >= 0.6 is 0 Å². The van der Waals surface area contributed by atoms with Crippen molar-refractivity contribution in [3.63, 3.8) is 0 Å². The molecule has 1 aromatic heterocycles. The molecule has 114 valence electrons. The Morgan fingerprint density at radius 2 is 2.09 bits per heavy atom. The highest BCUT2D eigenvalue weighted by Gasteiger charge is 2.24.